The summed E-state index contributed by atoms with van der Waals surface area (Å²) in [5, 5.41) is 24.1. The van der Waals surface area contributed by atoms with E-state index in [1.165, 1.54) is 19.1 Å². The molecule has 0 rings (SSSR count). The van der Waals surface area contributed by atoms with Gasteiger partial charge in [0.15, 0.2) is 0 Å². The van der Waals surface area contributed by atoms with Crippen molar-refractivity contribution >= 4 is 18.1 Å². The molecule has 0 radical (unpaired) electrons. The van der Waals surface area contributed by atoms with E-state index < -0.39 is 11.2 Å². The third-order valence-electron chi connectivity index (χ3n) is 4.25. The molecule has 0 saturated carbocycles. The van der Waals surface area contributed by atoms with Crippen molar-refractivity contribution in [2.24, 2.45) is 0 Å². The average molecular weight is 683 g/mol. The van der Waals surface area contributed by atoms with E-state index in [-0.39, 0.29) is 42.0 Å². The minimum absolute atomic E-state index is 0. The van der Waals surface area contributed by atoms with Crippen LogP contribution in [0.5, 0.6) is 0 Å². The van der Waals surface area contributed by atoms with Gasteiger partial charge in [0.25, 0.3) is 0 Å². The molecule has 0 aliphatic carbocycles. The zero-order valence-electron chi connectivity index (χ0n) is 28.3. The van der Waals surface area contributed by atoms with E-state index in [1.807, 2.05) is 86.8 Å². The quantitative estimate of drug-likeness (QED) is 0.0302. The maximum atomic E-state index is 11.4. The van der Waals surface area contributed by atoms with Gasteiger partial charge in [0.2, 0.25) is 11.8 Å². The summed E-state index contributed by atoms with van der Waals surface area (Å²) in [6.07, 6.45) is 34.7. The molecule has 0 aromatic rings. The number of amides is 2. The second kappa shape index (κ2) is 43.6. The number of unbranched alkanes of at least 4 members (excludes halogenated alkanes) is 2. The van der Waals surface area contributed by atoms with Gasteiger partial charge in [-0.2, -0.15) is 0 Å². The third-order valence-corrected chi connectivity index (χ3v) is 4.25. The molecule has 9 nitrogen and oxygen atoms in total. The van der Waals surface area contributed by atoms with Crippen LogP contribution in [-0.2, 0) is 40.8 Å². The molecule has 10 heteroatoms. The summed E-state index contributed by atoms with van der Waals surface area (Å²) in [6, 6.07) is 0. The molecule has 0 aliphatic rings. The molecule has 0 aromatic carbocycles. The van der Waals surface area contributed by atoms with Gasteiger partial charge in [0, 0.05) is 30.2 Å². The topological polar surface area (TPSA) is 156 Å². The zero-order chi connectivity index (χ0) is 35.8. The maximum Gasteiger partial charge on any atom is 0 e. The number of aldehydes is 1. The fourth-order valence-electron chi connectivity index (χ4n) is 2.32. The Bertz CT molecular complexity index is 925. The summed E-state index contributed by atoms with van der Waals surface area (Å²) in [5.74, 6) is -0.335. The Labute approximate surface area is 288 Å². The minimum Gasteiger partial charge on any atom is 0 e. The standard InChI is InChI=1S/2C16H25NO2.C2H4O.2CO.Fe/c2*1-4-5-6-7-8-9-10-11-12-13-15(18)17-14-16(2,3)19;1-2-3;2*1-2;/h2*4-9,12-13,19H,10-11,14H2,1-3H3,(H,17,18);2H,1H3;;;/b2*5-4+,7-6+,9-8-,13-12+;;;;. The number of rotatable bonds is 16. The van der Waals surface area contributed by atoms with Crippen molar-refractivity contribution < 1.29 is 51.0 Å². The number of aliphatic hydroxyl groups is 2. The molecule has 0 bridgehead atoms. The number of carbonyl (C=O) groups excluding carboxylic acids is 3. The molecule has 4 N–H and O–H groups in total. The van der Waals surface area contributed by atoms with Crippen LogP contribution in [0.4, 0.5) is 0 Å². The largest absolute Gasteiger partial charge is 0 e. The fraction of sp³-hybridized carbons (Fsp3) is 0.417. The number of nitrogens with one attached hydrogen (secondary N) is 2. The molecular formula is C36H54FeN2O7. The second-order valence-corrected chi connectivity index (χ2v) is 9.93. The molecule has 0 aliphatic heterocycles. The molecule has 0 unspecified atom stereocenters. The summed E-state index contributed by atoms with van der Waals surface area (Å²) in [7, 11) is 0. The van der Waals surface area contributed by atoms with Crippen molar-refractivity contribution in [3.8, 4) is 0 Å². The van der Waals surface area contributed by atoms with Crippen LogP contribution in [0.3, 0.4) is 0 Å². The first kappa shape index (κ1) is 54.9. The van der Waals surface area contributed by atoms with Gasteiger partial charge in [-0.05, 0) is 86.3 Å². The van der Waals surface area contributed by atoms with Gasteiger partial charge >= 0.3 is 22.6 Å². The summed E-state index contributed by atoms with van der Waals surface area (Å²) in [4.78, 5) is 31.5. The second-order valence-electron chi connectivity index (χ2n) is 9.93. The van der Waals surface area contributed by atoms with E-state index in [4.69, 9.17) is 14.1 Å². The number of carbonyl (C=O) groups is 3. The van der Waals surface area contributed by atoms with E-state index in [0.29, 0.717) is 0 Å². The molecule has 2 amide bonds. The summed E-state index contributed by atoms with van der Waals surface area (Å²) in [6.45, 7) is 21.5. The number of allylic oxidation sites excluding steroid dienone is 14. The van der Waals surface area contributed by atoms with Crippen LogP contribution >= 0.6 is 0 Å². The van der Waals surface area contributed by atoms with Crippen molar-refractivity contribution in [1.82, 2.24) is 10.6 Å². The van der Waals surface area contributed by atoms with Gasteiger partial charge in [0.05, 0.1) is 11.2 Å². The van der Waals surface area contributed by atoms with E-state index >= 15 is 0 Å². The molecule has 0 heterocycles. The van der Waals surface area contributed by atoms with Crippen molar-refractivity contribution in [1.29, 1.82) is 0 Å². The molecule has 0 fully saturated rings. The van der Waals surface area contributed by atoms with E-state index in [0.717, 1.165) is 32.0 Å². The van der Waals surface area contributed by atoms with Gasteiger partial charge in [-0.1, -0.05) is 85.1 Å². The molecule has 0 aromatic heterocycles. The predicted molar refractivity (Wildman–Crippen MR) is 181 cm³/mol. The minimum atomic E-state index is -0.870. The van der Waals surface area contributed by atoms with Crippen LogP contribution in [0.1, 0.15) is 74.1 Å². The molecule has 46 heavy (non-hydrogen) atoms. The molecule has 0 spiro atoms. The predicted octanol–water partition coefficient (Wildman–Crippen LogP) is 5.92. The number of hydrogen-bond acceptors (Lipinski definition) is 5. The molecular weight excluding hydrogens is 628 g/mol. The first-order valence-electron chi connectivity index (χ1n) is 14.4. The third kappa shape index (κ3) is 67.9. The van der Waals surface area contributed by atoms with Crippen molar-refractivity contribution in [3.63, 3.8) is 0 Å². The monoisotopic (exact) mass is 682 g/mol. The van der Waals surface area contributed by atoms with Crippen LogP contribution in [0, 0.1) is 13.3 Å². The summed E-state index contributed by atoms with van der Waals surface area (Å²) >= 11 is 0. The first-order valence-corrected chi connectivity index (χ1v) is 14.4. The van der Waals surface area contributed by atoms with Crippen molar-refractivity contribution in [2.75, 3.05) is 13.1 Å². The fourth-order valence-corrected chi connectivity index (χ4v) is 2.32. The normalized spacial score (nSPS) is 11.3. The van der Waals surface area contributed by atoms with E-state index in [2.05, 4.69) is 36.1 Å². The van der Waals surface area contributed by atoms with Crippen molar-refractivity contribution in [3.05, 3.63) is 111 Å². The number of hydrogen-bond donors (Lipinski definition) is 4. The van der Waals surface area contributed by atoms with Gasteiger partial charge < -0.3 is 25.6 Å². The SMILES string of the molecule is C/C=C/C=C/C=C\CC/C=C/C(=O)NCC(C)(C)O.C/C=C/C=C/C=C\CC/C=C/C(=O)NCC(C)(C)O.CC=O.[C-]#[O+].[C-]#[O+].[Fe]. The Morgan fingerprint density at radius 2 is 0.848 bits per heavy atom. The van der Waals surface area contributed by atoms with Gasteiger partial charge in [0.1, 0.15) is 6.29 Å². The van der Waals surface area contributed by atoms with E-state index in [9.17, 15) is 19.8 Å². The smallest absolute Gasteiger partial charge is 0 e. The van der Waals surface area contributed by atoms with Gasteiger partial charge in [-0.3, -0.25) is 9.59 Å². The van der Waals surface area contributed by atoms with E-state index in [1.54, 1.807) is 27.7 Å². The zero-order valence-corrected chi connectivity index (χ0v) is 29.5. The Morgan fingerprint density at radius 3 is 1.11 bits per heavy atom. The Kier molecular flexibility index (Phi) is 52.0. The van der Waals surface area contributed by atoms with Crippen LogP contribution in [0.15, 0.2) is 97.2 Å². The Balaban J connectivity index is -0.000000143. The molecule has 0 atom stereocenters. The van der Waals surface area contributed by atoms with Crippen molar-refractivity contribution in [2.45, 2.75) is 85.4 Å². The summed E-state index contributed by atoms with van der Waals surface area (Å²) < 4.78 is 15.0. The maximum absolute atomic E-state index is 11.4. The van der Waals surface area contributed by atoms with Crippen LogP contribution in [0.25, 0.3) is 0 Å². The van der Waals surface area contributed by atoms with Crippen LogP contribution < -0.4 is 10.6 Å². The molecule has 258 valence electrons. The Hall–Kier alpha value is -3.55. The van der Waals surface area contributed by atoms with Gasteiger partial charge in [-0.25, -0.2) is 0 Å². The molecule has 0 saturated heterocycles. The van der Waals surface area contributed by atoms with Crippen LogP contribution in [0.2, 0.25) is 0 Å². The Morgan fingerprint density at radius 1 is 0.587 bits per heavy atom. The van der Waals surface area contributed by atoms with Gasteiger partial charge in [-0.15, -0.1) is 0 Å². The summed E-state index contributed by atoms with van der Waals surface area (Å²) in [5.41, 5.74) is -1.74. The first-order chi connectivity index (χ1) is 21.3. The average Bonchev–Trinajstić information content (AvgIpc) is 2.99. The van der Waals surface area contributed by atoms with Crippen LogP contribution in [-0.4, -0.2) is 52.6 Å².